The summed E-state index contributed by atoms with van der Waals surface area (Å²) in [6.45, 7) is 4.42. The summed E-state index contributed by atoms with van der Waals surface area (Å²) in [4.78, 5) is 16.2. The van der Waals surface area contributed by atoms with E-state index in [0.29, 0.717) is 23.7 Å². The number of carbonyl (C=O) groups is 1. The Balaban J connectivity index is 2.11. The Kier molecular flexibility index (Phi) is 5.36. The summed E-state index contributed by atoms with van der Waals surface area (Å²) in [7, 11) is 0. The first-order valence-corrected chi connectivity index (χ1v) is 7.37. The first-order valence-electron chi connectivity index (χ1n) is 7.37. The molecule has 0 fully saturated rings. The van der Waals surface area contributed by atoms with E-state index in [-0.39, 0.29) is 5.97 Å². The van der Waals surface area contributed by atoms with Crippen LogP contribution in [0, 0.1) is 6.92 Å². The van der Waals surface area contributed by atoms with Crippen LogP contribution in [0.4, 0.5) is 17.2 Å². The van der Waals surface area contributed by atoms with Gasteiger partial charge in [0.2, 0.25) is 0 Å². The minimum atomic E-state index is -0.317. The average Bonchev–Trinajstić information content (AvgIpc) is 2.52. The quantitative estimate of drug-likeness (QED) is 0.628. The Morgan fingerprint density at radius 3 is 2.95 bits per heavy atom. The Bertz CT molecular complexity index is 656. The van der Waals surface area contributed by atoms with Gasteiger partial charge in [-0.3, -0.25) is 0 Å². The predicted octanol–water partition coefficient (Wildman–Crippen LogP) is 3.67. The van der Waals surface area contributed by atoms with E-state index in [1.54, 1.807) is 24.4 Å². The first-order chi connectivity index (χ1) is 10.6. The number of nitrogens with one attached hydrogen (secondary N) is 1. The number of anilines is 3. The Morgan fingerprint density at radius 2 is 2.18 bits per heavy atom. The zero-order chi connectivity index (χ0) is 15.9. The van der Waals surface area contributed by atoms with Crippen LogP contribution in [0.2, 0.25) is 0 Å². The Morgan fingerprint density at radius 1 is 1.36 bits per heavy atom. The van der Waals surface area contributed by atoms with E-state index in [2.05, 4.69) is 17.2 Å². The second-order valence-corrected chi connectivity index (χ2v) is 5.09. The van der Waals surface area contributed by atoms with Gasteiger partial charge in [0.05, 0.1) is 17.9 Å². The monoisotopic (exact) mass is 299 g/mol. The van der Waals surface area contributed by atoms with Gasteiger partial charge in [0.1, 0.15) is 0 Å². The van der Waals surface area contributed by atoms with Crippen LogP contribution >= 0.6 is 0 Å². The molecule has 3 N–H and O–H groups in total. The molecule has 116 valence electrons. The summed E-state index contributed by atoms with van der Waals surface area (Å²) in [5.74, 6) is 0.263. The molecule has 0 unspecified atom stereocenters. The molecule has 5 heteroatoms. The fraction of sp³-hybridized carbons (Fsp3) is 0.294. The second-order valence-electron chi connectivity index (χ2n) is 5.09. The number of nitrogens with zero attached hydrogens (tertiary/aromatic N) is 1. The van der Waals surface area contributed by atoms with E-state index >= 15 is 0 Å². The first kappa shape index (κ1) is 15.8. The van der Waals surface area contributed by atoms with E-state index in [4.69, 9.17) is 10.5 Å². The zero-order valence-corrected chi connectivity index (χ0v) is 12.9. The Labute approximate surface area is 130 Å². The summed E-state index contributed by atoms with van der Waals surface area (Å²) in [5, 5.41) is 3.13. The molecule has 2 rings (SSSR count). The maximum Gasteiger partial charge on any atom is 0.338 e. The summed E-state index contributed by atoms with van der Waals surface area (Å²) in [5.41, 5.74) is 8.79. The molecule has 0 spiro atoms. The van der Waals surface area contributed by atoms with Crippen LogP contribution in [0.3, 0.4) is 0 Å². The number of nitrogens with two attached hydrogens (primary N) is 1. The van der Waals surface area contributed by atoms with Crippen molar-refractivity contribution in [3.05, 3.63) is 47.7 Å². The number of hydrogen-bond acceptors (Lipinski definition) is 5. The number of aryl methyl sites for hydroxylation is 1. The highest BCUT2D eigenvalue weighted by Crippen LogP contribution is 2.23. The predicted molar refractivity (Wildman–Crippen MR) is 88.3 cm³/mol. The molecule has 1 aromatic heterocycles. The molecular weight excluding hydrogens is 278 g/mol. The third-order valence-electron chi connectivity index (χ3n) is 3.30. The van der Waals surface area contributed by atoms with Gasteiger partial charge in [-0.1, -0.05) is 19.4 Å². The summed E-state index contributed by atoms with van der Waals surface area (Å²) < 4.78 is 5.21. The normalized spacial score (nSPS) is 10.3. The SMILES string of the molecule is CCCCOC(=O)c1cccc(Nc2nccc(C)c2N)c1. The van der Waals surface area contributed by atoms with E-state index in [1.807, 2.05) is 19.1 Å². The maximum atomic E-state index is 12.0. The van der Waals surface area contributed by atoms with E-state index in [1.165, 1.54) is 0 Å². The van der Waals surface area contributed by atoms with Crippen molar-refractivity contribution in [2.24, 2.45) is 0 Å². The zero-order valence-electron chi connectivity index (χ0n) is 12.9. The maximum absolute atomic E-state index is 12.0. The van der Waals surface area contributed by atoms with Crippen LogP contribution in [0.1, 0.15) is 35.7 Å². The van der Waals surface area contributed by atoms with Crippen molar-refractivity contribution >= 4 is 23.2 Å². The second kappa shape index (κ2) is 7.45. The molecule has 1 aromatic carbocycles. The molecule has 0 atom stereocenters. The molecule has 0 aliphatic carbocycles. The Hall–Kier alpha value is -2.56. The van der Waals surface area contributed by atoms with Crippen molar-refractivity contribution in [2.45, 2.75) is 26.7 Å². The largest absolute Gasteiger partial charge is 0.462 e. The summed E-state index contributed by atoms with van der Waals surface area (Å²) in [6, 6.07) is 8.96. The van der Waals surface area contributed by atoms with Crippen molar-refractivity contribution in [2.75, 3.05) is 17.7 Å². The van der Waals surface area contributed by atoms with Crippen LogP contribution < -0.4 is 11.1 Å². The number of pyridine rings is 1. The van der Waals surface area contributed by atoms with Crippen molar-refractivity contribution < 1.29 is 9.53 Å². The minimum Gasteiger partial charge on any atom is -0.462 e. The number of benzene rings is 1. The molecule has 0 saturated heterocycles. The molecule has 5 nitrogen and oxygen atoms in total. The van der Waals surface area contributed by atoms with Gasteiger partial charge in [-0.15, -0.1) is 0 Å². The number of ether oxygens (including phenoxy) is 1. The third-order valence-corrected chi connectivity index (χ3v) is 3.30. The van der Waals surface area contributed by atoms with Gasteiger partial charge in [-0.05, 0) is 43.2 Å². The highest BCUT2D eigenvalue weighted by atomic mass is 16.5. The molecule has 22 heavy (non-hydrogen) atoms. The lowest BCUT2D eigenvalue weighted by Gasteiger charge is -2.11. The molecule has 0 aliphatic heterocycles. The van der Waals surface area contributed by atoms with Gasteiger partial charge in [-0.25, -0.2) is 9.78 Å². The van der Waals surface area contributed by atoms with E-state index < -0.39 is 0 Å². The van der Waals surface area contributed by atoms with Crippen molar-refractivity contribution in [3.8, 4) is 0 Å². The summed E-state index contributed by atoms with van der Waals surface area (Å²) >= 11 is 0. The van der Waals surface area contributed by atoms with Crippen LogP contribution in [0.5, 0.6) is 0 Å². The molecule has 2 aromatic rings. The van der Waals surface area contributed by atoms with Gasteiger partial charge in [0.25, 0.3) is 0 Å². The van der Waals surface area contributed by atoms with Crippen LogP contribution in [-0.2, 0) is 4.74 Å². The molecule has 1 heterocycles. The average molecular weight is 299 g/mol. The van der Waals surface area contributed by atoms with Gasteiger partial charge >= 0.3 is 5.97 Å². The lowest BCUT2D eigenvalue weighted by Crippen LogP contribution is -2.07. The lowest BCUT2D eigenvalue weighted by molar-refractivity contribution is 0.0500. The van der Waals surface area contributed by atoms with Gasteiger partial charge < -0.3 is 15.8 Å². The summed E-state index contributed by atoms with van der Waals surface area (Å²) in [6.07, 6.45) is 3.55. The highest BCUT2D eigenvalue weighted by Gasteiger charge is 2.09. The molecular formula is C17H21N3O2. The smallest absolute Gasteiger partial charge is 0.338 e. The van der Waals surface area contributed by atoms with Crippen molar-refractivity contribution in [1.82, 2.24) is 4.98 Å². The number of aromatic nitrogens is 1. The number of hydrogen-bond donors (Lipinski definition) is 2. The molecule has 0 bridgehead atoms. The number of rotatable bonds is 6. The third kappa shape index (κ3) is 3.97. The van der Waals surface area contributed by atoms with Crippen molar-refractivity contribution in [3.63, 3.8) is 0 Å². The molecule has 0 aliphatic rings. The van der Waals surface area contributed by atoms with Crippen molar-refractivity contribution in [1.29, 1.82) is 0 Å². The number of carbonyl (C=O) groups excluding carboxylic acids is 1. The topological polar surface area (TPSA) is 77.2 Å². The lowest BCUT2D eigenvalue weighted by atomic mass is 10.2. The fourth-order valence-electron chi connectivity index (χ4n) is 1.92. The van der Waals surface area contributed by atoms with E-state index in [0.717, 1.165) is 24.1 Å². The highest BCUT2D eigenvalue weighted by molar-refractivity contribution is 5.91. The number of esters is 1. The van der Waals surface area contributed by atoms with Crippen LogP contribution in [0.25, 0.3) is 0 Å². The van der Waals surface area contributed by atoms with Gasteiger partial charge in [-0.2, -0.15) is 0 Å². The number of nitrogen functional groups attached to an aromatic ring is 1. The van der Waals surface area contributed by atoms with Gasteiger partial charge in [0.15, 0.2) is 5.82 Å². The standard InChI is InChI=1S/C17H21N3O2/c1-3-4-10-22-17(21)13-6-5-7-14(11-13)20-16-15(18)12(2)8-9-19-16/h5-9,11H,3-4,10,18H2,1-2H3,(H,19,20). The van der Waals surface area contributed by atoms with E-state index in [9.17, 15) is 4.79 Å². The molecule has 0 saturated carbocycles. The van der Waals surface area contributed by atoms with Gasteiger partial charge in [0, 0.05) is 11.9 Å². The molecule has 0 amide bonds. The van der Waals surface area contributed by atoms with Crippen LogP contribution in [-0.4, -0.2) is 17.6 Å². The fourth-order valence-corrected chi connectivity index (χ4v) is 1.92. The van der Waals surface area contributed by atoms with Crippen LogP contribution in [0.15, 0.2) is 36.5 Å². The number of unbranched alkanes of at least 4 members (excludes halogenated alkanes) is 1. The molecule has 0 radical (unpaired) electrons. The minimum absolute atomic E-state index is 0.317.